The van der Waals surface area contributed by atoms with Gasteiger partial charge in [-0.3, -0.25) is 0 Å². The van der Waals surface area contributed by atoms with E-state index in [1.54, 1.807) is 0 Å². The molecule has 94 valence electrons. The lowest BCUT2D eigenvalue weighted by Crippen LogP contribution is -2.39. The molecule has 0 saturated carbocycles. The maximum absolute atomic E-state index is 5.90. The van der Waals surface area contributed by atoms with Crippen LogP contribution in [0.3, 0.4) is 0 Å². The third kappa shape index (κ3) is 2.94. The summed E-state index contributed by atoms with van der Waals surface area (Å²) in [6.07, 6.45) is 5.98. The highest BCUT2D eigenvalue weighted by Crippen LogP contribution is 2.21. The van der Waals surface area contributed by atoms with Crippen molar-refractivity contribution in [1.29, 1.82) is 0 Å². The molecule has 1 fully saturated rings. The summed E-state index contributed by atoms with van der Waals surface area (Å²) in [6, 6.07) is 0.362. The van der Waals surface area contributed by atoms with E-state index in [1.807, 2.05) is 12.4 Å². The summed E-state index contributed by atoms with van der Waals surface area (Å²) in [7, 11) is 0. The van der Waals surface area contributed by atoms with E-state index in [9.17, 15) is 0 Å². The Morgan fingerprint density at radius 1 is 1.18 bits per heavy atom. The Bertz CT molecular complexity index is 358. The van der Waals surface area contributed by atoms with Crippen LogP contribution in [-0.4, -0.2) is 29.1 Å². The van der Waals surface area contributed by atoms with Crippen molar-refractivity contribution in [3.63, 3.8) is 0 Å². The van der Waals surface area contributed by atoms with Gasteiger partial charge in [-0.1, -0.05) is 20.8 Å². The van der Waals surface area contributed by atoms with Gasteiger partial charge in [0.05, 0.1) is 18.1 Å². The summed E-state index contributed by atoms with van der Waals surface area (Å²) < 4.78 is 0. The van der Waals surface area contributed by atoms with Crippen molar-refractivity contribution >= 4 is 5.69 Å². The van der Waals surface area contributed by atoms with Gasteiger partial charge in [-0.2, -0.15) is 0 Å². The number of aromatic nitrogens is 2. The highest BCUT2D eigenvalue weighted by molar-refractivity contribution is 5.42. The van der Waals surface area contributed by atoms with Gasteiger partial charge in [0.15, 0.2) is 0 Å². The minimum atomic E-state index is 0.0166. The predicted octanol–water partition coefficient (Wildman–Crippen LogP) is 1.70. The Kier molecular flexibility index (Phi) is 3.33. The lowest BCUT2D eigenvalue weighted by molar-refractivity contribution is 0.499. The topological polar surface area (TPSA) is 55.0 Å². The zero-order valence-corrected chi connectivity index (χ0v) is 11.0. The molecule has 2 heterocycles. The average molecular weight is 234 g/mol. The van der Waals surface area contributed by atoms with Crippen LogP contribution in [0.5, 0.6) is 0 Å². The molecular formula is C13H22N4. The molecule has 0 amide bonds. The van der Waals surface area contributed by atoms with Crippen LogP contribution in [0.15, 0.2) is 12.4 Å². The second-order valence-electron chi connectivity index (χ2n) is 5.84. The number of piperidine rings is 1. The summed E-state index contributed by atoms with van der Waals surface area (Å²) in [5.41, 5.74) is 7.03. The number of nitrogens with two attached hydrogens (primary N) is 1. The van der Waals surface area contributed by atoms with Gasteiger partial charge < -0.3 is 10.6 Å². The second kappa shape index (κ2) is 4.61. The molecule has 1 saturated heterocycles. The van der Waals surface area contributed by atoms with Crippen molar-refractivity contribution in [3.05, 3.63) is 18.2 Å². The largest absolute Gasteiger partial charge is 0.369 e. The number of hydrogen-bond donors (Lipinski definition) is 1. The van der Waals surface area contributed by atoms with Crippen LogP contribution in [0, 0.1) is 0 Å². The first-order valence-corrected chi connectivity index (χ1v) is 6.30. The highest BCUT2D eigenvalue weighted by Gasteiger charge is 2.19. The van der Waals surface area contributed by atoms with Crippen molar-refractivity contribution < 1.29 is 0 Å². The van der Waals surface area contributed by atoms with Crippen LogP contribution >= 0.6 is 0 Å². The third-order valence-electron chi connectivity index (χ3n) is 3.21. The maximum atomic E-state index is 5.90. The molecule has 0 bridgehead atoms. The lowest BCUT2D eigenvalue weighted by atomic mass is 9.96. The molecule has 0 radical (unpaired) electrons. The summed E-state index contributed by atoms with van der Waals surface area (Å²) in [4.78, 5) is 11.2. The second-order valence-corrected chi connectivity index (χ2v) is 5.84. The monoisotopic (exact) mass is 234 g/mol. The zero-order chi connectivity index (χ0) is 12.5. The van der Waals surface area contributed by atoms with Crippen molar-refractivity contribution in [1.82, 2.24) is 9.97 Å². The molecule has 2 rings (SSSR count). The van der Waals surface area contributed by atoms with E-state index in [1.165, 1.54) is 0 Å². The minimum Gasteiger partial charge on any atom is -0.369 e. The Balaban J connectivity index is 2.08. The summed E-state index contributed by atoms with van der Waals surface area (Å²) in [5.74, 6) is 0.898. The number of anilines is 1. The Hall–Kier alpha value is -1.16. The first kappa shape index (κ1) is 12.3. The van der Waals surface area contributed by atoms with Gasteiger partial charge in [-0.25, -0.2) is 9.97 Å². The minimum absolute atomic E-state index is 0.0166. The van der Waals surface area contributed by atoms with E-state index in [0.717, 1.165) is 37.4 Å². The molecule has 0 aromatic carbocycles. The van der Waals surface area contributed by atoms with E-state index in [2.05, 4.69) is 35.6 Å². The van der Waals surface area contributed by atoms with Gasteiger partial charge in [0.25, 0.3) is 0 Å². The van der Waals surface area contributed by atoms with Crippen molar-refractivity contribution in [2.45, 2.75) is 45.1 Å². The molecule has 0 atom stereocenters. The van der Waals surface area contributed by atoms with Crippen LogP contribution < -0.4 is 10.6 Å². The highest BCUT2D eigenvalue weighted by atomic mass is 15.2. The average Bonchev–Trinajstić information content (AvgIpc) is 2.29. The van der Waals surface area contributed by atoms with Crippen LogP contribution in [0.4, 0.5) is 5.69 Å². The Labute approximate surface area is 103 Å². The third-order valence-corrected chi connectivity index (χ3v) is 3.21. The van der Waals surface area contributed by atoms with E-state index >= 15 is 0 Å². The number of rotatable bonds is 1. The molecule has 2 N–H and O–H groups in total. The molecule has 17 heavy (non-hydrogen) atoms. The van der Waals surface area contributed by atoms with Crippen molar-refractivity contribution in [2.75, 3.05) is 18.0 Å². The van der Waals surface area contributed by atoms with E-state index < -0.39 is 0 Å². The fraction of sp³-hybridized carbons (Fsp3) is 0.692. The van der Waals surface area contributed by atoms with Gasteiger partial charge in [0, 0.05) is 24.5 Å². The van der Waals surface area contributed by atoms with Crippen LogP contribution in [0.25, 0.3) is 0 Å². The zero-order valence-electron chi connectivity index (χ0n) is 11.0. The smallest absolute Gasteiger partial charge is 0.133 e. The lowest BCUT2D eigenvalue weighted by Gasteiger charge is -2.31. The van der Waals surface area contributed by atoms with E-state index in [-0.39, 0.29) is 5.41 Å². The standard InChI is InChI=1S/C13H22N4/c1-13(2,3)12-15-8-11(9-16-12)17-6-4-10(14)5-7-17/h8-10H,4-7,14H2,1-3H3. The summed E-state index contributed by atoms with van der Waals surface area (Å²) in [6.45, 7) is 8.41. The Morgan fingerprint density at radius 2 is 1.71 bits per heavy atom. The molecular weight excluding hydrogens is 212 g/mol. The van der Waals surface area contributed by atoms with Crippen LogP contribution in [0.1, 0.15) is 39.4 Å². The van der Waals surface area contributed by atoms with Gasteiger partial charge in [-0.05, 0) is 12.8 Å². The van der Waals surface area contributed by atoms with Gasteiger partial charge in [0.1, 0.15) is 5.82 Å². The summed E-state index contributed by atoms with van der Waals surface area (Å²) >= 11 is 0. The molecule has 1 aliphatic heterocycles. The molecule has 1 aliphatic rings. The summed E-state index contributed by atoms with van der Waals surface area (Å²) in [5, 5.41) is 0. The molecule has 1 aromatic rings. The first-order chi connectivity index (χ1) is 7.97. The molecule has 1 aromatic heterocycles. The van der Waals surface area contributed by atoms with E-state index in [0.29, 0.717) is 6.04 Å². The molecule has 4 nitrogen and oxygen atoms in total. The first-order valence-electron chi connectivity index (χ1n) is 6.30. The molecule has 0 spiro atoms. The van der Waals surface area contributed by atoms with E-state index in [4.69, 9.17) is 5.73 Å². The molecule has 0 unspecified atom stereocenters. The predicted molar refractivity (Wildman–Crippen MR) is 70.2 cm³/mol. The molecule has 4 heteroatoms. The quantitative estimate of drug-likeness (QED) is 0.803. The van der Waals surface area contributed by atoms with Gasteiger partial charge in [0.2, 0.25) is 0 Å². The normalized spacial score (nSPS) is 18.5. The van der Waals surface area contributed by atoms with Crippen LogP contribution in [-0.2, 0) is 5.41 Å². The van der Waals surface area contributed by atoms with Gasteiger partial charge >= 0.3 is 0 Å². The maximum Gasteiger partial charge on any atom is 0.133 e. The number of hydrogen-bond acceptors (Lipinski definition) is 4. The van der Waals surface area contributed by atoms with Crippen molar-refractivity contribution in [3.8, 4) is 0 Å². The molecule has 0 aliphatic carbocycles. The van der Waals surface area contributed by atoms with Crippen LogP contribution in [0.2, 0.25) is 0 Å². The fourth-order valence-corrected chi connectivity index (χ4v) is 2.03. The number of nitrogens with zero attached hydrogens (tertiary/aromatic N) is 3. The fourth-order valence-electron chi connectivity index (χ4n) is 2.03. The van der Waals surface area contributed by atoms with Crippen molar-refractivity contribution in [2.24, 2.45) is 5.73 Å². The van der Waals surface area contributed by atoms with Gasteiger partial charge in [-0.15, -0.1) is 0 Å². The Morgan fingerprint density at radius 3 is 2.18 bits per heavy atom. The SMILES string of the molecule is CC(C)(C)c1ncc(N2CCC(N)CC2)cn1.